The largest absolute Gasteiger partial charge is 0.371 e. The Morgan fingerprint density at radius 1 is 1.10 bits per heavy atom. The molecule has 2 heterocycles. The second-order valence-corrected chi connectivity index (χ2v) is 5.45. The summed E-state index contributed by atoms with van der Waals surface area (Å²) in [6, 6.07) is 15.5. The van der Waals surface area contributed by atoms with E-state index in [1.165, 1.54) is 17.2 Å². The lowest BCUT2D eigenvalue weighted by Crippen LogP contribution is -2.20. The van der Waals surface area contributed by atoms with Crippen LogP contribution in [-0.4, -0.2) is 11.2 Å². The molecule has 0 aliphatic carbocycles. The molecule has 1 aliphatic heterocycles. The summed E-state index contributed by atoms with van der Waals surface area (Å²) in [4.78, 5) is 0. The highest BCUT2D eigenvalue weighted by Crippen LogP contribution is 2.30. The van der Waals surface area contributed by atoms with E-state index in [1.54, 1.807) is 6.07 Å². The van der Waals surface area contributed by atoms with E-state index in [0.717, 1.165) is 18.5 Å². The molecule has 106 valence electrons. The predicted molar refractivity (Wildman–Crippen MR) is 80.7 cm³/mol. The lowest BCUT2D eigenvalue weighted by atomic mass is 9.97. The molecule has 0 amide bonds. The number of fused-ring (bicyclic) bond motifs is 2. The standard InChI is InChI=1S/C18H16FNO/c19-16-6-3-7-17-15(16)8-10-20(17)12-18-14-5-2-1-4-13(14)9-11-21-18/h1-8,10,18H,9,11-12H2. The molecular formula is C18H16FNO. The lowest BCUT2D eigenvalue weighted by molar-refractivity contribution is 0.0314. The Balaban J connectivity index is 1.71. The molecule has 1 aliphatic rings. The van der Waals surface area contributed by atoms with E-state index in [9.17, 15) is 4.39 Å². The minimum Gasteiger partial charge on any atom is -0.371 e. The summed E-state index contributed by atoms with van der Waals surface area (Å²) >= 11 is 0. The maximum absolute atomic E-state index is 13.8. The Bertz CT molecular complexity index is 793. The van der Waals surface area contributed by atoms with Gasteiger partial charge in [0.25, 0.3) is 0 Å². The average molecular weight is 281 g/mol. The first-order valence-electron chi connectivity index (χ1n) is 7.26. The zero-order chi connectivity index (χ0) is 14.2. The second kappa shape index (κ2) is 5.01. The highest BCUT2D eigenvalue weighted by Gasteiger charge is 2.21. The van der Waals surface area contributed by atoms with Gasteiger partial charge in [0.2, 0.25) is 0 Å². The minimum absolute atomic E-state index is 0.0359. The topological polar surface area (TPSA) is 14.2 Å². The Kier molecular flexibility index (Phi) is 3.00. The molecule has 3 heteroatoms. The molecule has 4 rings (SSSR count). The van der Waals surface area contributed by atoms with Crippen LogP contribution in [0.5, 0.6) is 0 Å². The number of ether oxygens (including phenoxy) is 1. The molecule has 0 N–H and O–H groups in total. The van der Waals surface area contributed by atoms with Gasteiger partial charge >= 0.3 is 0 Å². The molecule has 1 atom stereocenters. The average Bonchev–Trinajstić information content (AvgIpc) is 2.92. The van der Waals surface area contributed by atoms with Crippen molar-refractivity contribution in [2.75, 3.05) is 6.61 Å². The van der Waals surface area contributed by atoms with Crippen LogP contribution in [-0.2, 0) is 17.7 Å². The van der Waals surface area contributed by atoms with Crippen molar-refractivity contribution >= 4 is 10.9 Å². The zero-order valence-corrected chi connectivity index (χ0v) is 11.6. The van der Waals surface area contributed by atoms with Crippen molar-refractivity contribution < 1.29 is 9.13 Å². The molecule has 0 spiro atoms. The maximum Gasteiger partial charge on any atom is 0.132 e. The van der Waals surface area contributed by atoms with Crippen LogP contribution in [0, 0.1) is 5.82 Å². The molecule has 1 unspecified atom stereocenters. The molecular weight excluding hydrogens is 265 g/mol. The van der Waals surface area contributed by atoms with E-state index in [1.807, 2.05) is 24.4 Å². The number of nitrogens with zero attached hydrogens (tertiary/aromatic N) is 1. The summed E-state index contributed by atoms with van der Waals surface area (Å²) in [6.07, 6.45) is 2.94. The first-order valence-corrected chi connectivity index (χ1v) is 7.26. The van der Waals surface area contributed by atoms with Crippen LogP contribution in [0.25, 0.3) is 10.9 Å². The van der Waals surface area contributed by atoms with E-state index in [2.05, 4.69) is 22.8 Å². The maximum atomic E-state index is 13.8. The molecule has 0 fully saturated rings. The van der Waals surface area contributed by atoms with Crippen molar-refractivity contribution in [2.24, 2.45) is 0 Å². The van der Waals surface area contributed by atoms with Gasteiger partial charge in [0.1, 0.15) is 11.9 Å². The van der Waals surface area contributed by atoms with Crippen molar-refractivity contribution in [3.63, 3.8) is 0 Å². The van der Waals surface area contributed by atoms with E-state index < -0.39 is 0 Å². The van der Waals surface area contributed by atoms with Crippen molar-refractivity contribution in [1.29, 1.82) is 0 Å². The zero-order valence-electron chi connectivity index (χ0n) is 11.6. The summed E-state index contributed by atoms with van der Waals surface area (Å²) < 4.78 is 21.8. The van der Waals surface area contributed by atoms with Crippen LogP contribution in [0.2, 0.25) is 0 Å². The van der Waals surface area contributed by atoms with Crippen molar-refractivity contribution in [3.05, 3.63) is 71.7 Å². The van der Waals surface area contributed by atoms with Crippen LogP contribution >= 0.6 is 0 Å². The monoisotopic (exact) mass is 281 g/mol. The van der Waals surface area contributed by atoms with Gasteiger partial charge in [0.05, 0.1) is 18.7 Å². The van der Waals surface area contributed by atoms with Gasteiger partial charge in [-0.3, -0.25) is 0 Å². The summed E-state index contributed by atoms with van der Waals surface area (Å²) in [7, 11) is 0. The number of benzene rings is 2. The lowest BCUT2D eigenvalue weighted by Gasteiger charge is -2.26. The summed E-state index contributed by atoms with van der Waals surface area (Å²) in [5, 5.41) is 0.668. The van der Waals surface area contributed by atoms with Crippen molar-refractivity contribution in [2.45, 2.75) is 19.1 Å². The van der Waals surface area contributed by atoms with E-state index in [4.69, 9.17) is 4.74 Å². The summed E-state index contributed by atoms with van der Waals surface area (Å²) in [6.45, 7) is 1.46. The molecule has 0 radical (unpaired) electrons. The second-order valence-electron chi connectivity index (χ2n) is 5.45. The molecule has 0 saturated carbocycles. The summed E-state index contributed by atoms with van der Waals surface area (Å²) in [5.41, 5.74) is 3.53. The molecule has 21 heavy (non-hydrogen) atoms. The van der Waals surface area contributed by atoms with Gasteiger partial charge in [-0.2, -0.15) is 0 Å². The van der Waals surface area contributed by atoms with Crippen LogP contribution in [0.15, 0.2) is 54.7 Å². The Morgan fingerprint density at radius 2 is 2.00 bits per heavy atom. The summed E-state index contributed by atoms with van der Waals surface area (Å²) in [5.74, 6) is -0.170. The van der Waals surface area contributed by atoms with Crippen LogP contribution < -0.4 is 0 Å². The Hall–Kier alpha value is -2.13. The fourth-order valence-corrected chi connectivity index (χ4v) is 3.15. The first kappa shape index (κ1) is 12.6. The fourth-order valence-electron chi connectivity index (χ4n) is 3.15. The normalized spacial score (nSPS) is 17.9. The number of hydrogen-bond donors (Lipinski definition) is 0. The molecule has 2 nitrogen and oxygen atoms in total. The number of aromatic nitrogens is 1. The van der Waals surface area contributed by atoms with Crippen LogP contribution in [0.4, 0.5) is 4.39 Å². The van der Waals surface area contributed by atoms with E-state index in [-0.39, 0.29) is 11.9 Å². The van der Waals surface area contributed by atoms with Gasteiger partial charge < -0.3 is 9.30 Å². The third-order valence-electron chi connectivity index (χ3n) is 4.22. The highest BCUT2D eigenvalue weighted by atomic mass is 19.1. The Morgan fingerprint density at radius 3 is 2.95 bits per heavy atom. The van der Waals surface area contributed by atoms with Crippen LogP contribution in [0.3, 0.4) is 0 Å². The van der Waals surface area contributed by atoms with Gasteiger partial charge in [-0.15, -0.1) is 0 Å². The fraction of sp³-hybridized carbons (Fsp3) is 0.222. The predicted octanol–water partition coefficient (Wildman–Crippen LogP) is 4.09. The van der Waals surface area contributed by atoms with Gasteiger partial charge in [0, 0.05) is 11.6 Å². The molecule has 0 bridgehead atoms. The van der Waals surface area contributed by atoms with Crippen LogP contribution in [0.1, 0.15) is 17.2 Å². The van der Waals surface area contributed by atoms with E-state index in [0.29, 0.717) is 11.9 Å². The van der Waals surface area contributed by atoms with Gasteiger partial charge in [-0.1, -0.05) is 30.3 Å². The minimum atomic E-state index is -0.170. The van der Waals surface area contributed by atoms with Gasteiger partial charge in [0.15, 0.2) is 0 Å². The number of hydrogen-bond acceptors (Lipinski definition) is 1. The molecule has 0 saturated heterocycles. The molecule has 1 aromatic heterocycles. The molecule has 2 aromatic carbocycles. The third kappa shape index (κ3) is 2.14. The Labute approximate surface area is 122 Å². The van der Waals surface area contributed by atoms with Gasteiger partial charge in [-0.05, 0) is 35.7 Å². The number of rotatable bonds is 2. The SMILES string of the molecule is Fc1cccc2c1ccn2CC1OCCc2ccccc21. The molecule has 3 aromatic rings. The highest BCUT2D eigenvalue weighted by molar-refractivity contribution is 5.80. The first-order chi connectivity index (χ1) is 10.3. The third-order valence-corrected chi connectivity index (χ3v) is 4.22. The smallest absolute Gasteiger partial charge is 0.132 e. The van der Waals surface area contributed by atoms with Crippen molar-refractivity contribution in [3.8, 4) is 0 Å². The van der Waals surface area contributed by atoms with Crippen molar-refractivity contribution in [1.82, 2.24) is 4.57 Å². The van der Waals surface area contributed by atoms with E-state index >= 15 is 0 Å². The number of halogens is 1. The van der Waals surface area contributed by atoms with Gasteiger partial charge in [-0.25, -0.2) is 4.39 Å². The quantitative estimate of drug-likeness (QED) is 0.690.